The highest BCUT2D eigenvalue weighted by Gasteiger charge is 2.32. The van der Waals surface area contributed by atoms with E-state index in [2.05, 4.69) is 10.6 Å². The Morgan fingerprint density at radius 1 is 1.39 bits per heavy atom. The number of allylic oxidation sites excluding steroid dienone is 1. The van der Waals surface area contributed by atoms with Gasteiger partial charge in [-0.1, -0.05) is 0 Å². The van der Waals surface area contributed by atoms with Gasteiger partial charge >= 0.3 is 0 Å². The Morgan fingerprint density at radius 2 is 2.13 bits per heavy atom. The number of ether oxygens (including phenoxy) is 2. The van der Waals surface area contributed by atoms with Crippen LogP contribution in [0.3, 0.4) is 0 Å². The number of methoxy groups -OCH3 is 2. The molecule has 23 heavy (non-hydrogen) atoms. The number of amides is 2. The van der Waals surface area contributed by atoms with Gasteiger partial charge in [-0.05, 0) is 19.1 Å². The Labute approximate surface area is 133 Å². The standard InChI is InChI=1S/C16H17N3O4/c1-9-12(8-17)11(7-15(20)18-9)16(21)19-13-6-10(22-2)4-5-14(13)23-3/h4-6,11H,7H2,1-3H3,(H,18,20)(H,19,21)/t11-/m1/s1. The molecule has 1 aromatic rings. The van der Waals surface area contributed by atoms with E-state index in [1.54, 1.807) is 25.1 Å². The highest BCUT2D eigenvalue weighted by molar-refractivity contribution is 6.00. The predicted molar refractivity (Wildman–Crippen MR) is 82.7 cm³/mol. The fourth-order valence-corrected chi connectivity index (χ4v) is 2.39. The van der Waals surface area contributed by atoms with Gasteiger partial charge in [-0.3, -0.25) is 9.59 Å². The minimum Gasteiger partial charge on any atom is -0.497 e. The summed E-state index contributed by atoms with van der Waals surface area (Å²) in [7, 11) is 3.00. The van der Waals surface area contributed by atoms with Crippen molar-refractivity contribution in [2.24, 2.45) is 5.92 Å². The first-order valence-electron chi connectivity index (χ1n) is 6.93. The first kappa shape index (κ1) is 16.4. The van der Waals surface area contributed by atoms with Crippen molar-refractivity contribution in [2.75, 3.05) is 19.5 Å². The molecule has 120 valence electrons. The summed E-state index contributed by atoms with van der Waals surface area (Å²) >= 11 is 0. The van der Waals surface area contributed by atoms with Crippen LogP contribution >= 0.6 is 0 Å². The van der Waals surface area contributed by atoms with Crippen LogP contribution in [0.2, 0.25) is 0 Å². The molecule has 2 rings (SSSR count). The van der Waals surface area contributed by atoms with Gasteiger partial charge in [0.05, 0.1) is 37.5 Å². The second kappa shape index (κ2) is 6.83. The van der Waals surface area contributed by atoms with Gasteiger partial charge < -0.3 is 20.1 Å². The fraction of sp³-hybridized carbons (Fsp3) is 0.312. The van der Waals surface area contributed by atoms with E-state index in [4.69, 9.17) is 9.47 Å². The normalized spacial score (nSPS) is 17.1. The highest BCUT2D eigenvalue weighted by atomic mass is 16.5. The summed E-state index contributed by atoms with van der Waals surface area (Å²) < 4.78 is 10.3. The lowest BCUT2D eigenvalue weighted by molar-refractivity contribution is -0.126. The zero-order valence-electron chi connectivity index (χ0n) is 13.1. The summed E-state index contributed by atoms with van der Waals surface area (Å²) in [6, 6.07) is 6.97. The third-order valence-corrected chi connectivity index (χ3v) is 3.57. The number of hydrogen-bond donors (Lipinski definition) is 2. The molecular weight excluding hydrogens is 298 g/mol. The largest absolute Gasteiger partial charge is 0.497 e. The number of rotatable bonds is 4. The number of nitrogens with zero attached hydrogens (tertiary/aromatic N) is 1. The lowest BCUT2D eigenvalue weighted by Crippen LogP contribution is -2.37. The molecule has 0 radical (unpaired) electrons. The summed E-state index contributed by atoms with van der Waals surface area (Å²) in [5.41, 5.74) is 1.07. The van der Waals surface area contributed by atoms with Crippen LogP contribution < -0.4 is 20.1 Å². The summed E-state index contributed by atoms with van der Waals surface area (Å²) in [4.78, 5) is 24.2. The van der Waals surface area contributed by atoms with Gasteiger partial charge in [-0.2, -0.15) is 5.26 Å². The Kier molecular flexibility index (Phi) is 4.86. The van der Waals surface area contributed by atoms with Crippen molar-refractivity contribution in [1.82, 2.24) is 5.32 Å². The van der Waals surface area contributed by atoms with Gasteiger partial charge in [0.1, 0.15) is 11.5 Å². The van der Waals surface area contributed by atoms with Crippen molar-refractivity contribution in [2.45, 2.75) is 13.3 Å². The Balaban J connectivity index is 2.30. The number of carbonyl (C=O) groups excluding carboxylic acids is 2. The first-order valence-corrected chi connectivity index (χ1v) is 6.93. The second-order valence-electron chi connectivity index (χ2n) is 5.01. The van der Waals surface area contributed by atoms with Crippen LogP contribution in [0.25, 0.3) is 0 Å². The van der Waals surface area contributed by atoms with E-state index in [0.29, 0.717) is 22.9 Å². The molecule has 0 aromatic heterocycles. The van der Waals surface area contributed by atoms with Crippen LogP contribution in [0.1, 0.15) is 13.3 Å². The van der Waals surface area contributed by atoms with Crippen LogP contribution in [-0.4, -0.2) is 26.0 Å². The highest BCUT2D eigenvalue weighted by Crippen LogP contribution is 2.31. The smallest absolute Gasteiger partial charge is 0.233 e. The molecule has 0 bridgehead atoms. The van der Waals surface area contributed by atoms with Gasteiger partial charge in [0.2, 0.25) is 11.8 Å². The van der Waals surface area contributed by atoms with E-state index >= 15 is 0 Å². The van der Waals surface area contributed by atoms with Gasteiger partial charge in [0.15, 0.2) is 0 Å². The molecule has 7 heteroatoms. The molecule has 0 saturated heterocycles. The maximum absolute atomic E-state index is 12.5. The Morgan fingerprint density at radius 3 is 2.74 bits per heavy atom. The van der Waals surface area contributed by atoms with Gasteiger partial charge in [0, 0.05) is 18.2 Å². The van der Waals surface area contributed by atoms with Crippen LogP contribution in [0.4, 0.5) is 5.69 Å². The van der Waals surface area contributed by atoms with Gasteiger partial charge in [-0.25, -0.2) is 0 Å². The zero-order valence-corrected chi connectivity index (χ0v) is 13.1. The number of hydrogen-bond acceptors (Lipinski definition) is 5. The molecule has 1 aliphatic heterocycles. The quantitative estimate of drug-likeness (QED) is 0.878. The molecule has 7 nitrogen and oxygen atoms in total. The number of anilines is 1. The lowest BCUT2D eigenvalue weighted by atomic mass is 9.90. The van der Waals surface area contributed by atoms with E-state index in [1.807, 2.05) is 6.07 Å². The minimum absolute atomic E-state index is 0.0711. The third-order valence-electron chi connectivity index (χ3n) is 3.57. The number of nitrogens with one attached hydrogen (secondary N) is 2. The lowest BCUT2D eigenvalue weighted by Gasteiger charge is -2.23. The molecule has 1 heterocycles. The summed E-state index contributed by atoms with van der Waals surface area (Å²) in [6.45, 7) is 1.60. The van der Waals surface area contributed by atoms with Crippen molar-refractivity contribution in [3.05, 3.63) is 29.5 Å². The molecule has 0 unspecified atom stereocenters. The average molecular weight is 315 g/mol. The van der Waals surface area contributed by atoms with Crippen molar-refractivity contribution in [1.29, 1.82) is 5.26 Å². The molecular formula is C16H17N3O4. The first-order chi connectivity index (χ1) is 11.0. The number of nitriles is 1. The van der Waals surface area contributed by atoms with Crippen LogP contribution in [-0.2, 0) is 9.59 Å². The number of carbonyl (C=O) groups is 2. The summed E-state index contributed by atoms with van der Waals surface area (Å²) in [6.07, 6.45) is -0.0711. The van der Waals surface area contributed by atoms with Crippen molar-refractivity contribution in [3.63, 3.8) is 0 Å². The molecule has 1 atom stereocenters. The average Bonchev–Trinajstić information content (AvgIpc) is 2.54. The van der Waals surface area contributed by atoms with Crippen molar-refractivity contribution in [3.8, 4) is 17.6 Å². The van der Waals surface area contributed by atoms with E-state index < -0.39 is 11.8 Å². The molecule has 0 fully saturated rings. The predicted octanol–water partition coefficient (Wildman–Crippen LogP) is 1.58. The maximum atomic E-state index is 12.5. The Bertz CT molecular complexity index is 719. The second-order valence-corrected chi connectivity index (χ2v) is 5.01. The SMILES string of the molecule is COc1ccc(OC)c(NC(=O)[C@@H]2CC(=O)NC(C)=C2C#N)c1. The molecule has 0 saturated carbocycles. The molecule has 2 N–H and O–H groups in total. The zero-order chi connectivity index (χ0) is 17.0. The topological polar surface area (TPSA) is 100 Å². The van der Waals surface area contributed by atoms with E-state index in [0.717, 1.165) is 0 Å². The van der Waals surface area contributed by atoms with E-state index in [1.165, 1.54) is 14.2 Å². The maximum Gasteiger partial charge on any atom is 0.233 e. The van der Waals surface area contributed by atoms with Crippen molar-refractivity contribution < 1.29 is 19.1 Å². The molecule has 2 amide bonds. The van der Waals surface area contributed by atoms with Crippen LogP contribution in [0, 0.1) is 17.2 Å². The van der Waals surface area contributed by atoms with Crippen LogP contribution in [0.15, 0.2) is 29.5 Å². The summed E-state index contributed by atoms with van der Waals surface area (Å²) in [5.74, 6) is -0.556. The Hall–Kier alpha value is -3.01. The minimum atomic E-state index is -0.829. The number of benzene rings is 1. The van der Waals surface area contributed by atoms with E-state index in [9.17, 15) is 14.9 Å². The van der Waals surface area contributed by atoms with Crippen LogP contribution in [0.5, 0.6) is 11.5 Å². The fourth-order valence-electron chi connectivity index (χ4n) is 2.39. The van der Waals surface area contributed by atoms with Gasteiger partial charge in [0.25, 0.3) is 0 Å². The molecule has 1 aromatic carbocycles. The summed E-state index contributed by atoms with van der Waals surface area (Å²) in [5, 5.41) is 14.5. The van der Waals surface area contributed by atoms with Gasteiger partial charge in [-0.15, -0.1) is 0 Å². The molecule has 0 aliphatic carbocycles. The molecule has 1 aliphatic rings. The molecule has 0 spiro atoms. The van der Waals surface area contributed by atoms with Crippen molar-refractivity contribution >= 4 is 17.5 Å². The monoisotopic (exact) mass is 315 g/mol. The third kappa shape index (κ3) is 3.43. The van der Waals surface area contributed by atoms with E-state index in [-0.39, 0.29) is 17.9 Å².